The van der Waals surface area contributed by atoms with Gasteiger partial charge in [-0.3, -0.25) is 4.79 Å². The number of carbonyl (C=O) groups is 1. The first-order valence-electron chi connectivity index (χ1n) is 5.94. The highest BCUT2D eigenvalue weighted by molar-refractivity contribution is 5.89. The van der Waals surface area contributed by atoms with E-state index in [1.807, 2.05) is 17.7 Å². The van der Waals surface area contributed by atoms with Crippen LogP contribution in [0.3, 0.4) is 0 Å². The van der Waals surface area contributed by atoms with Crippen molar-refractivity contribution >= 4 is 5.78 Å². The zero-order chi connectivity index (χ0) is 11.6. The third-order valence-corrected chi connectivity index (χ3v) is 3.45. The lowest BCUT2D eigenvalue weighted by atomic mass is 9.92. The second-order valence-corrected chi connectivity index (χ2v) is 4.59. The molecule has 1 N–H and O–H groups in total. The minimum atomic E-state index is -0.329. The van der Waals surface area contributed by atoms with Crippen molar-refractivity contribution in [3.63, 3.8) is 0 Å². The lowest BCUT2D eigenvalue weighted by Gasteiger charge is -2.22. The molecule has 0 amide bonds. The second kappa shape index (κ2) is 4.37. The first-order valence-corrected chi connectivity index (χ1v) is 5.94. The summed E-state index contributed by atoms with van der Waals surface area (Å²) in [5, 5.41) is 3.30. The quantitative estimate of drug-likeness (QED) is 0.830. The summed E-state index contributed by atoms with van der Waals surface area (Å²) >= 11 is 0. The molecule has 1 saturated heterocycles. The van der Waals surface area contributed by atoms with E-state index in [4.69, 9.17) is 0 Å². The predicted molar refractivity (Wildman–Crippen MR) is 62.3 cm³/mol. The van der Waals surface area contributed by atoms with Crippen molar-refractivity contribution in [3.8, 4) is 0 Å². The lowest BCUT2D eigenvalue weighted by molar-refractivity contribution is -0.123. The normalized spacial score (nSPS) is 24.9. The van der Waals surface area contributed by atoms with E-state index >= 15 is 0 Å². The Morgan fingerprint density at radius 1 is 1.69 bits per heavy atom. The molecular weight excluding hydrogens is 202 g/mol. The van der Waals surface area contributed by atoms with Gasteiger partial charge in [-0.1, -0.05) is 0 Å². The molecule has 88 valence electrons. The molecule has 4 heteroatoms. The van der Waals surface area contributed by atoms with E-state index in [0.717, 1.165) is 31.8 Å². The first-order chi connectivity index (χ1) is 7.65. The average molecular weight is 221 g/mol. The molecule has 0 aromatic carbocycles. The Bertz CT molecular complexity index is 377. The van der Waals surface area contributed by atoms with Crippen LogP contribution in [0.2, 0.25) is 0 Å². The van der Waals surface area contributed by atoms with Crippen LogP contribution in [0.5, 0.6) is 0 Å². The fourth-order valence-electron chi connectivity index (χ4n) is 2.27. The van der Waals surface area contributed by atoms with Gasteiger partial charge in [-0.25, -0.2) is 4.98 Å². The van der Waals surface area contributed by atoms with Gasteiger partial charge in [0.2, 0.25) is 0 Å². The van der Waals surface area contributed by atoms with Gasteiger partial charge in [0.1, 0.15) is 5.82 Å². The van der Waals surface area contributed by atoms with Crippen LogP contribution >= 0.6 is 0 Å². The van der Waals surface area contributed by atoms with Crippen molar-refractivity contribution in [1.29, 1.82) is 0 Å². The van der Waals surface area contributed by atoms with Gasteiger partial charge >= 0.3 is 0 Å². The van der Waals surface area contributed by atoms with Crippen LogP contribution in [0, 0.1) is 0 Å². The number of hydrogen-bond acceptors (Lipinski definition) is 3. The van der Waals surface area contributed by atoms with E-state index in [-0.39, 0.29) is 11.3 Å². The van der Waals surface area contributed by atoms with Gasteiger partial charge < -0.3 is 9.88 Å². The van der Waals surface area contributed by atoms with Crippen molar-refractivity contribution in [3.05, 3.63) is 18.2 Å². The third kappa shape index (κ3) is 2.02. The maximum Gasteiger partial charge on any atom is 0.160 e. The molecule has 1 aliphatic heterocycles. The van der Waals surface area contributed by atoms with Gasteiger partial charge in [-0.15, -0.1) is 0 Å². The predicted octanol–water partition coefficient (Wildman–Crippen LogP) is 1.16. The van der Waals surface area contributed by atoms with E-state index in [1.165, 1.54) is 0 Å². The minimum Gasteiger partial charge on any atom is -0.335 e. The zero-order valence-electron chi connectivity index (χ0n) is 9.99. The maximum atomic E-state index is 12.2. The van der Waals surface area contributed by atoms with Crippen LogP contribution in [0.1, 0.15) is 32.5 Å². The summed E-state index contributed by atoms with van der Waals surface area (Å²) in [4.78, 5) is 16.4. The summed E-state index contributed by atoms with van der Waals surface area (Å²) in [5.41, 5.74) is -0.329. The molecule has 0 radical (unpaired) electrons. The number of nitrogens with zero attached hydrogens (tertiary/aromatic N) is 2. The van der Waals surface area contributed by atoms with Crippen molar-refractivity contribution < 1.29 is 4.79 Å². The van der Waals surface area contributed by atoms with Crippen LogP contribution in [-0.2, 0) is 17.8 Å². The number of Topliss-reactive ketones (excluding diaryl/α,β-unsaturated/α-hetero) is 1. The molecular formula is C12H19N3O. The second-order valence-electron chi connectivity index (χ2n) is 4.59. The van der Waals surface area contributed by atoms with Crippen molar-refractivity contribution in [2.45, 2.75) is 45.2 Å². The monoisotopic (exact) mass is 221 g/mol. The van der Waals surface area contributed by atoms with Gasteiger partial charge in [-0.05, 0) is 33.2 Å². The Morgan fingerprint density at radius 3 is 3.12 bits per heavy atom. The Balaban J connectivity index is 2.07. The zero-order valence-corrected chi connectivity index (χ0v) is 9.99. The van der Waals surface area contributed by atoms with E-state index < -0.39 is 0 Å². The molecule has 1 fully saturated rings. The first kappa shape index (κ1) is 11.3. The summed E-state index contributed by atoms with van der Waals surface area (Å²) in [7, 11) is 0. The van der Waals surface area contributed by atoms with Crippen LogP contribution in [0.4, 0.5) is 0 Å². The number of aromatic nitrogens is 2. The fraction of sp³-hybridized carbons (Fsp3) is 0.667. The van der Waals surface area contributed by atoms with E-state index in [1.54, 1.807) is 6.20 Å². The fourth-order valence-corrected chi connectivity index (χ4v) is 2.27. The largest absolute Gasteiger partial charge is 0.335 e. The van der Waals surface area contributed by atoms with Crippen molar-refractivity contribution in [2.75, 3.05) is 6.54 Å². The van der Waals surface area contributed by atoms with Gasteiger partial charge in [0.15, 0.2) is 5.78 Å². The summed E-state index contributed by atoms with van der Waals surface area (Å²) in [6.45, 7) is 5.88. The molecule has 0 spiro atoms. The highest BCUT2D eigenvalue weighted by Crippen LogP contribution is 2.21. The molecule has 1 aromatic heterocycles. The van der Waals surface area contributed by atoms with Crippen molar-refractivity contribution in [2.24, 2.45) is 0 Å². The smallest absolute Gasteiger partial charge is 0.160 e. The van der Waals surface area contributed by atoms with E-state index in [0.29, 0.717) is 6.42 Å². The molecule has 1 aliphatic rings. The van der Waals surface area contributed by atoms with Crippen molar-refractivity contribution in [1.82, 2.24) is 14.9 Å². The Kier molecular flexibility index (Phi) is 3.10. The van der Waals surface area contributed by atoms with Crippen LogP contribution in [0.25, 0.3) is 0 Å². The molecule has 0 bridgehead atoms. The lowest BCUT2D eigenvalue weighted by Crippen LogP contribution is -2.45. The van der Waals surface area contributed by atoms with Crippen LogP contribution < -0.4 is 5.32 Å². The molecule has 2 rings (SSSR count). The van der Waals surface area contributed by atoms with Crippen LogP contribution in [-0.4, -0.2) is 27.4 Å². The van der Waals surface area contributed by atoms with Gasteiger partial charge in [0, 0.05) is 18.9 Å². The highest BCUT2D eigenvalue weighted by Gasteiger charge is 2.35. The summed E-state index contributed by atoms with van der Waals surface area (Å²) in [6.07, 6.45) is 6.15. The molecule has 0 aliphatic carbocycles. The number of carbonyl (C=O) groups excluding carboxylic acids is 1. The number of ketones is 1. The number of aryl methyl sites for hydroxylation is 1. The summed E-state index contributed by atoms with van der Waals surface area (Å²) < 4.78 is 2.02. The summed E-state index contributed by atoms with van der Waals surface area (Å²) in [6, 6.07) is 0. The molecule has 1 aromatic rings. The molecule has 1 unspecified atom stereocenters. The molecule has 4 nitrogen and oxygen atoms in total. The Hall–Kier alpha value is -1.16. The molecule has 0 saturated carbocycles. The number of rotatable bonds is 4. The van der Waals surface area contributed by atoms with E-state index in [2.05, 4.69) is 17.2 Å². The molecule has 16 heavy (non-hydrogen) atoms. The maximum absolute atomic E-state index is 12.2. The van der Waals surface area contributed by atoms with E-state index in [9.17, 15) is 4.79 Å². The molecule has 2 heterocycles. The number of hydrogen-bond donors (Lipinski definition) is 1. The Labute approximate surface area is 96.1 Å². The highest BCUT2D eigenvalue weighted by atomic mass is 16.1. The number of nitrogens with one attached hydrogen (secondary N) is 1. The number of imidazole rings is 1. The van der Waals surface area contributed by atoms with Gasteiger partial charge in [-0.2, -0.15) is 0 Å². The van der Waals surface area contributed by atoms with Gasteiger partial charge in [0.25, 0.3) is 0 Å². The summed E-state index contributed by atoms with van der Waals surface area (Å²) in [5.74, 6) is 1.13. The topological polar surface area (TPSA) is 46.9 Å². The Morgan fingerprint density at radius 2 is 2.50 bits per heavy atom. The van der Waals surface area contributed by atoms with Gasteiger partial charge in [0.05, 0.1) is 12.0 Å². The average Bonchev–Trinajstić information content (AvgIpc) is 2.87. The SMILES string of the molecule is CCn1ccnc1CC(=O)C1(C)CCCN1. The standard InChI is InChI=1S/C12H19N3O/c1-3-15-8-7-13-11(15)9-10(16)12(2)5-4-6-14-12/h7-8,14H,3-6,9H2,1-2H3. The van der Waals surface area contributed by atoms with Crippen LogP contribution in [0.15, 0.2) is 12.4 Å². The molecule has 1 atom stereocenters. The third-order valence-electron chi connectivity index (χ3n) is 3.45. The minimum absolute atomic E-state index is 0.255.